The van der Waals surface area contributed by atoms with Crippen LogP contribution in [0, 0.1) is 5.92 Å². The molecule has 0 N–H and O–H groups in total. The van der Waals surface area contributed by atoms with Gasteiger partial charge in [0.15, 0.2) is 17.7 Å². The van der Waals surface area contributed by atoms with Gasteiger partial charge in [0.05, 0.1) is 4.58 Å². The molecular formula is C17H28O4S2. The average Bonchev–Trinajstić information content (AvgIpc) is 2.82. The highest BCUT2D eigenvalue weighted by Crippen LogP contribution is 2.40. The van der Waals surface area contributed by atoms with Crippen molar-refractivity contribution in [3.8, 4) is 0 Å². The molecule has 3 atom stereocenters. The van der Waals surface area contributed by atoms with Crippen LogP contribution < -0.4 is 0 Å². The minimum Gasteiger partial charge on any atom is -0.377 e. The van der Waals surface area contributed by atoms with Crippen molar-refractivity contribution in [1.82, 2.24) is 0 Å². The van der Waals surface area contributed by atoms with E-state index in [4.69, 9.17) is 14.2 Å². The van der Waals surface area contributed by atoms with E-state index in [1.807, 2.05) is 57.3 Å². The molecular weight excluding hydrogens is 332 g/mol. The topological polar surface area (TPSA) is 44.8 Å². The molecule has 0 aliphatic carbocycles. The van der Waals surface area contributed by atoms with Crippen LogP contribution in [0.1, 0.15) is 34.1 Å². The maximum absolute atomic E-state index is 12.6. The molecule has 0 radical (unpaired) electrons. The van der Waals surface area contributed by atoms with Gasteiger partial charge in [-0.05, 0) is 43.8 Å². The Labute approximate surface area is 148 Å². The summed E-state index contributed by atoms with van der Waals surface area (Å²) in [6.45, 7) is 7.80. The van der Waals surface area contributed by atoms with Crippen LogP contribution in [0.15, 0.2) is 12.2 Å². The number of methoxy groups -OCH3 is 1. The van der Waals surface area contributed by atoms with Crippen LogP contribution in [0.25, 0.3) is 0 Å². The first-order valence-electron chi connectivity index (χ1n) is 8.18. The van der Waals surface area contributed by atoms with Crippen molar-refractivity contribution >= 4 is 29.3 Å². The van der Waals surface area contributed by atoms with Crippen molar-refractivity contribution in [2.75, 3.05) is 18.6 Å². The van der Waals surface area contributed by atoms with Crippen LogP contribution in [0.4, 0.5) is 0 Å². The highest BCUT2D eigenvalue weighted by molar-refractivity contribution is 8.17. The molecule has 2 aliphatic rings. The molecule has 2 aliphatic heterocycles. The van der Waals surface area contributed by atoms with Gasteiger partial charge >= 0.3 is 0 Å². The van der Waals surface area contributed by atoms with Crippen LogP contribution >= 0.6 is 23.5 Å². The Hall–Kier alpha value is -0.0100. The molecule has 0 unspecified atom stereocenters. The summed E-state index contributed by atoms with van der Waals surface area (Å²) < 4.78 is 18.0. The van der Waals surface area contributed by atoms with E-state index in [9.17, 15) is 4.79 Å². The quantitative estimate of drug-likeness (QED) is 0.676. The Morgan fingerprint density at radius 1 is 1.26 bits per heavy atom. The highest BCUT2D eigenvalue weighted by atomic mass is 32.2. The molecule has 0 aromatic rings. The summed E-state index contributed by atoms with van der Waals surface area (Å²) in [5.74, 6) is 1.77. The first kappa shape index (κ1) is 19.3. The lowest BCUT2D eigenvalue weighted by Crippen LogP contribution is -2.45. The lowest BCUT2D eigenvalue weighted by atomic mass is 10.0. The Balaban J connectivity index is 2.16. The average molecular weight is 361 g/mol. The molecule has 0 aromatic carbocycles. The third kappa shape index (κ3) is 5.23. The van der Waals surface area contributed by atoms with Crippen molar-refractivity contribution in [3.05, 3.63) is 12.2 Å². The lowest BCUT2D eigenvalue weighted by molar-refractivity contribution is -0.158. The molecule has 0 amide bonds. The number of ketones is 1. The third-order valence-corrected chi connectivity index (χ3v) is 6.83. The number of hydrogen-bond acceptors (Lipinski definition) is 6. The van der Waals surface area contributed by atoms with Gasteiger partial charge < -0.3 is 14.2 Å². The number of ether oxygens (including phenoxy) is 3. The molecule has 2 fully saturated rings. The second-order valence-corrected chi connectivity index (χ2v) is 9.49. The van der Waals surface area contributed by atoms with Crippen LogP contribution in [-0.2, 0) is 19.0 Å². The smallest absolute Gasteiger partial charge is 0.187 e. The standard InChI is InChI=1S/C17H28O4S2/c1-11(2)7-8-12(18)13-14(21-17(3,4)20-13)15(19-5)16-22-9-6-10-23-16/h7-8,11,13-16H,6,9-10H2,1-5H3/b8-7+/t13-,14+,15+/m0/s1. The molecule has 0 bridgehead atoms. The van der Waals surface area contributed by atoms with Crippen LogP contribution in [-0.4, -0.2) is 53.1 Å². The summed E-state index contributed by atoms with van der Waals surface area (Å²) in [7, 11) is 1.70. The molecule has 0 saturated carbocycles. The summed E-state index contributed by atoms with van der Waals surface area (Å²) in [4.78, 5) is 12.6. The SMILES string of the molecule is CO[C@@H](C1SCCCS1)[C@@H]1OC(C)(C)O[C@H]1C(=O)/C=C/C(C)C. The van der Waals surface area contributed by atoms with E-state index in [0.717, 1.165) is 11.5 Å². The van der Waals surface area contributed by atoms with Crippen molar-refractivity contribution in [1.29, 1.82) is 0 Å². The van der Waals surface area contributed by atoms with Crippen molar-refractivity contribution in [2.24, 2.45) is 5.92 Å². The van der Waals surface area contributed by atoms with Gasteiger partial charge in [0, 0.05) is 7.11 Å². The minimum atomic E-state index is -0.766. The summed E-state index contributed by atoms with van der Waals surface area (Å²) in [6.07, 6.45) is 3.61. The Bertz CT molecular complexity index is 430. The van der Waals surface area contributed by atoms with E-state index in [1.54, 1.807) is 13.2 Å². The number of carbonyl (C=O) groups is 1. The van der Waals surface area contributed by atoms with Gasteiger partial charge in [-0.2, -0.15) is 0 Å². The molecule has 2 heterocycles. The van der Waals surface area contributed by atoms with Crippen molar-refractivity contribution < 1.29 is 19.0 Å². The van der Waals surface area contributed by atoms with E-state index in [-0.39, 0.29) is 22.6 Å². The first-order valence-corrected chi connectivity index (χ1v) is 10.3. The summed E-state index contributed by atoms with van der Waals surface area (Å²) in [5, 5.41) is 0. The van der Waals surface area contributed by atoms with E-state index in [0.29, 0.717) is 5.92 Å². The normalized spacial score (nSPS) is 30.2. The van der Waals surface area contributed by atoms with Crippen LogP contribution in [0.5, 0.6) is 0 Å². The Morgan fingerprint density at radius 3 is 2.48 bits per heavy atom. The summed E-state index contributed by atoms with van der Waals surface area (Å²) in [6, 6.07) is 0. The molecule has 0 spiro atoms. The minimum absolute atomic E-state index is 0.0397. The van der Waals surface area contributed by atoms with E-state index in [1.165, 1.54) is 6.42 Å². The molecule has 6 heteroatoms. The third-order valence-electron chi connectivity index (χ3n) is 3.77. The molecule has 0 aromatic heterocycles. The van der Waals surface area contributed by atoms with E-state index < -0.39 is 11.9 Å². The predicted molar refractivity (Wildman–Crippen MR) is 96.9 cm³/mol. The van der Waals surface area contributed by atoms with Gasteiger partial charge in [-0.15, -0.1) is 23.5 Å². The number of thioether (sulfide) groups is 2. The predicted octanol–water partition coefficient (Wildman–Crippen LogP) is 3.50. The molecule has 2 saturated heterocycles. The van der Waals surface area contributed by atoms with Crippen LogP contribution in [0.2, 0.25) is 0 Å². The molecule has 23 heavy (non-hydrogen) atoms. The molecule has 132 valence electrons. The number of carbonyl (C=O) groups excluding carboxylic acids is 1. The number of allylic oxidation sites excluding steroid dienone is 1. The Kier molecular flexibility index (Phi) is 7.04. The van der Waals surface area contributed by atoms with Gasteiger partial charge in [-0.1, -0.05) is 19.9 Å². The Morgan fingerprint density at radius 2 is 1.91 bits per heavy atom. The van der Waals surface area contributed by atoms with E-state index in [2.05, 4.69) is 0 Å². The van der Waals surface area contributed by atoms with Crippen LogP contribution in [0.3, 0.4) is 0 Å². The second-order valence-electron chi connectivity index (χ2n) is 6.69. The second kappa shape index (κ2) is 8.39. The van der Waals surface area contributed by atoms with Gasteiger partial charge in [0.2, 0.25) is 0 Å². The van der Waals surface area contributed by atoms with Crippen molar-refractivity contribution in [3.63, 3.8) is 0 Å². The summed E-state index contributed by atoms with van der Waals surface area (Å²) in [5.41, 5.74) is 0. The largest absolute Gasteiger partial charge is 0.377 e. The van der Waals surface area contributed by atoms with Gasteiger partial charge in [0.25, 0.3) is 0 Å². The fourth-order valence-corrected chi connectivity index (χ4v) is 5.87. The zero-order valence-corrected chi connectivity index (χ0v) is 16.2. The monoisotopic (exact) mass is 360 g/mol. The zero-order valence-electron chi connectivity index (χ0n) is 14.6. The lowest BCUT2D eigenvalue weighted by Gasteiger charge is -2.33. The van der Waals surface area contributed by atoms with Gasteiger partial charge in [-0.25, -0.2) is 0 Å². The number of hydrogen-bond donors (Lipinski definition) is 0. The maximum Gasteiger partial charge on any atom is 0.187 e. The zero-order chi connectivity index (χ0) is 17.0. The highest BCUT2D eigenvalue weighted by Gasteiger charge is 2.50. The summed E-state index contributed by atoms with van der Waals surface area (Å²) >= 11 is 3.78. The molecule has 2 rings (SSSR count). The molecule has 4 nitrogen and oxygen atoms in total. The van der Waals surface area contributed by atoms with Crippen molar-refractivity contribution in [2.45, 2.75) is 62.8 Å². The first-order chi connectivity index (χ1) is 10.8. The fourth-order valence-electron chi connectivity index (χ4n) is 2.73. The van der Waals surface area contributed by atoms with Gasteiger partial charge in [0.1, 0.15) is 12.2 Å². The maximum atomic E-state index is 12.6. The fraction of sp³-hybridized carbons (Fsp3) is 0.824. The van der Waals surface area contributed by atoms with E-state index >= 15 is 0 Å². The van der Waals surface area contributed by atoms with Gasteiger partial charge in [-0.3, -0.25) is 4.79 Å². The number of rotatable bonds is 6.